The Morgan fingerprint density at radius 3 is 2.15 bits per heavy atom. The maximum Gasteiger partial charge on any atom is 0.252 e. The highest BCUT2D eigenvalue weighted by Crippen LogP contribution is 2.20. The lowest BCUT2D eigenvalue weighted by Crippen LogP contribution is -2.57. The molecule has 1 aromatic carbocycles. The molecule has 0 saturated carbocycles. The molecule has 0 radical (unpaired) electrons. The standard InChI is InChI=1S/C40H56N6O6/c1-6-14-33(43-40(51)37(28(5)7-2)45-38(49)30-20-23-46(52)24-21-30)39(50)44-34(25-27(3)4)35(47)26-36(48)42-32(31-18-11-12-22-41-31)19-13-17-29-15-9-8-10-16-29/h8-12,15-16,18,20-24,27-28,32-35,37,47H,6-7,13-14,17,19,25-26H2,1-5H3,(H,42,48)(H,43,51)(H,44,50)(H,45,49)/t28-,32?,33-,34-,35-,37-/m0/s1. The van der Waals surface area contributed by atoms with Crippen LogP contribution in [0.1, 0.15) is 107 Å². The summed E-state index contributed by atoms with van der Waals surface area (Å²) in [6.07, 6.45) is 6.87. The Kier molecular flexibility index (Phi) is 17.2. The van der Waals surface area contributed by atoms with Gasteiger partial charge >= 0.3 is 0 Å². The van der Waals surface area contributed by atoms with E-state index in [4.69, 9.17) is 0 Å². The third kappa shape index (κ3) is 13.7. The number of hydrogen-bond donors (Lipinski definition) is 5. The molecule has 2 aromatic heterocycles. The predicted octanol–water partition coefficient (Wildman–Crippen LogP) is 4.31. The number of nitrogens with zero attached hydrogens (tertiary/aromatic N) is 2. The highest BCUT2D eigenvalue weighted by Gasteiger charge is 2.32. The van der Waals surface area contributed by atoms with E-state index in [0.29, 0.717) is 36.8 Å². The number of carbonyl (C=O) groups excluding carboxylic acids is 4. The van der Waals surface area contributed by atoms with Crippen LogP contribution in [0.3, 0.4) is 0 Å². The maximum atomic E-state index is 13.7. The number of benzene rings is 1. The van der Waals surface area contributed by atoms with Gasteiger partial charge in [-0.1, -0.05) is 83.9 Å². The van der Waals surface area contributed by atoms with Crippen molar-refractivity contribution in [2.24, 2.45) is 11.8 Å². The molecule has 5 N–H and O–H groups in total. The summed E-state index contributed by atoms with van der Waals surface area (Å²) < 4.78 is 0.562. The van der Waals surface area contributed by atoms with Crippen LogP contribution in [-0.4, -0.2) is 57.9 Å². The van der Waals surface area contributed by atoms with Gasteiger partial charge in [0.25, 0.3) is 5.91 Å². The monoisotopic (exact) mass is 716 g/mol. The van der Waals surface area contributed by atoms with Gasteiger partial charge in [0, 0.05) is 18.3 Å². The van der Waals surface area contributed by atoms with Crippen LogP contribution < -0.4 is 26.0 Å². The van der Waals surface area contributed by atoms with E-state index in [1.165, 1.54) is 30.1 Å². The van der Waals surface area contributed by atoms with Crippen molar-refractivity contribution in [3.8, 4) is 0 Å². The number of carbonyl (C=O) groups is 4. The third-order valence-corrected chi connectivity index (χ3v) is 9.15. The summed E-state index contributed by atoms with van der Waals surface area (Å²) in [5.41, 5.74) is 2.17. The van der Waals surface area contributed by atoms with Crippen LogP contribution in [0.5, 0.6) is 0 Å². The van der Waals surface area contributed by atoms with Crippen LogP contribution in [0.2, 0.25) is 0 Å². The van der Waals surface area contributed by atoms with Crippen molar-refractivity contribution in [2.45, 2.75) is 116 Å². The van der Waals surface area contributed by atoms with E-state index in [2.05, 4.69) is 38.4 Å². The second-order valence-electron chi connectivity index (χ2n) is 13.9. The summed E-state index contributed by atoms with van der Waals surface area (Å²) in [4.78, 5) is 58.1. The van der Waals surface area contributed by atoms with Crippen LogP contribution in [0, 0.1) is 17.0 Å². The van der Waals surface area contributed by atoms with Gasteiger partial charge in [-0.2, -0.15) is 4.73 Å². The van der Waals surface area contributed by atoms with Gasteiger partial charge in [0.15, 0.2) is 12.4 Å². The zero-order valence-corrected chi connectivity index (χ0v) is 31.1. The van der Waals surface area contributed by atoms with E-state index in [1.54, 1.807) is 6.20 Å². The van der Waals surface area contributed by atoms with Gasteiger partial charge in [0.05, 0.1) is 35.9 Å². The summed E-state index contributed by atoms with van der Waals surface area (Å²) in [6, 6.07) is 15.4. The quantitative estimate of drug-likeness (QED) is 0.0806. The molecular formula is C40H56N6O6. The predicted molar refractivity (Wildman–Crippen MR) is 199 cm³/mol. The van der Waals surface area contributed by atoms with Gasteiger partial charge in [0.1, 0.15) is 12.1 Å². The van der Waals surface area contributed by atoms with E-state index >= 15 is 0 Å². The molecule has 12 nitrogen and oxygen atoms in total. The number of hydrogen-bond acceptors (Lipinski definition) is 7. The number of pyridine rings is 2. The number of aryl methyl sites for hydroxylation is 1. The fourth-order valence-corrected chi connectivity index (χ4v) is 6.03. The molecule has 6 atom stereocenters. The topological polar surface area (TPSA) is 176 Å². The first-order chi connectivity index (χ1) is 24.9. The minimum atomic E-state index is -1.19. The van der Waals surface area contributed by atoms with Crippen molar-refractivity contribution in [1.29, 1.82) is 0 Å². The van der Waals surface area contributed by atoms with Crippen molar-refractivity contribution >= 4 is 23.6 Å². The molecule has 12 heteroatoms. The van der Waals surface area contributed by atoms with Gasteiger partial charge < -0.3 is 31.6 Å². The van der Waals surface area contributed by atoms with E-state index in [9.17, 15) is 29.5 Å². The van der Waals surface area contributed by atoms with Crippen molar-refractivity contribution in [3.05, 3.63) is 101 Å². The van der Waals surface area contributed by atoms with Crippen molar-refractivity contribution in [2.75, 3.05) is 0 Å². The Morgan fingerprint density at radius 2 is 1.54 bits per heavy atom. The second-order valence-corrected chi connectivity index (χ2v) is 13.9. The fraction of sp³-hybridized carbons (Fsp3) is 0.500. The molecular weight excluding hydrogens is 660 g/mol. The molecule has 0 bridgehead atoms. The Balaban J connectivity index is 1.68. The smallest absolute Gasteiger partial charge is 0.252 e. The number of aliphatic hydroxyl groups is 1. The van der Waals surface area contributed by atoms with Crippen LogP contribution >= 0.6 is 0 Å². The Bertz CT molecular complexity index is 1540. The summed E-state index contributed by atoms with van der Waals surface area (Å²) in [5.74, 6) is -2.05. The van der Waals surface area contributed by atoms with E-state index in [-0.39, 0.29) is 35.8 Å². The molecule has 0 aliphatic heterocycles. The van der Waals surface area contributed by atoms with E-state index in [0.717, 1.165) is 18.5 Å². The summed E-state index contributed by atoms with van der Waals surface area (Å²) in [5, 5.41) is 34.3. The zero-order valence-electron chi connectivity index (χ0n) is 31.1. The molecule has 52 heavy (non-hydrogen) atoms. The number of amides is 4. The van der Waals surface area contributed by atoms with E-state index < -0.39 is 42.0 Å². The average molecular weight is 717 g/mol. The van der Waals surface area contributed by atoms with Gasteiger partial charge in [0.2, 0.25) is 17.7 Å². The average Bonchev–Trinajstić information content (AvgIpc) is 3.13. The van der Waals surface area contributed by atoms with Gasteiger partial charge in [-0.15, -0.1) is 0 Å². The number of nitrogens with one attached hydrogen (secondary N) is 4. The first kappa shape index (κ1) is 41.6. The van der Waals surface area contributed by atoms with Gasteiger partial charge in [-0.3, -0.25) is 24.2 Å². The lowest BCUT2D eigenvalue weighted by atomic mass is 9.95. The van der Waals surface area contributed by atoms with Gasteiger partial charge in [-0.05, 0) is 61.6 Å². The largest absolute Gasteiger partial charge is 0.619 e. The van der Waals surface area contributed by atoms with Crippen molar-refractivity contribution in [3.63, 3.8) is 0 Å². The number of aliphatic hydroxyl groups excluding tert-OH is 1. The summed E-state index contributed by atoms with van der Waals surface area (Å²) in [7, 11) is 0. The number of aromatic nitrogens is 2. The molecule has 0 saturated heterocycles. The lowest BCUT2D eigenvalue weighted by molar-refractivity contribution is -0.605. The highest BCUT2D eigenvalue weighted by atomic mass is 16.5. The van der Waals surface area contributed by atoms with Crippen molar-refractivity contribution < 1.29 is 29.0 Å². The molecule has 3 rings (SSSR count). The first-order valence-corrected chi connectivity index (χ1v) is 18.4. The Labute approximate surface area is 307 Å². The minimum absolute atomic E-state index is 0.0839. The van der Waals surface area contributed by atoms with Crippen LogP contribution in [0.25, 0.3) is 0 Å². The SMILES string of the molecule is CCC[C@H](NC(=O)[C@@H](NC(=O)c1cc[n+]([O-])cc1)[C@@H](C)CC)C(=O)N[C@@H](CC(C)C)[C@@H](O)CC(=O)NC(CCCc1ccccc1)c1ccccn1. The second kappa shape index (κ2) is 21.5. The Morgan fingerprint density at radius 1 is 0.846 bits per heavy atom. The van der Waals surface area contributed by atoms with Crippen molar-refractivity contribution in [1.82, 2.24) is 26.3 Å². The molecule has 282 valence electrons. The summed E-state index contributed by atoms with van der Waals surface area (Å²) in [6.45, 7) is 9.54. The van der Waals surface area contributed by atoms with Crippen LogP contribution in [-0.2, 0) is 20.8 Å². The molecule has 0 spiro atoms. The van der Waals surface area contributed by atoms with E-state index in [1.807, 2.05) is 71.0 Å². The number of rotatable bonds is 21. The zero-order chi connectivity index (χ0) is 38.0. The lowest BCUT2D eigenvalue weighted by Gasteiger charge is -2.30. The normalized spacial score (nSPS) is 14.7. The molecule has 0 aliphatic rings. The van der Waals surface area contributed by atoms with Gasteiger partial charge in [-0.25, -0.2) is 0 Å². The summed E-state index contributed by atoms with van der Waals surface area (Å²) >= 11 is 0. The molecule has 2 heterocycles. The molecule has 4 amide bonds. The molecule has 0 aliphatic carbocycles. The van der Waals surface area contributed by atoms with Crippen LogP contribution in [0.15, 0.2) is 79.3 Å². The minimum Gasteiger partial charge on any atom is -0.619 e. The fourth-order valence-electron chi connectivity index (χ4n) is 6.03. The Hall–Kier alpha value is -4.84. The molecule has 1 unspecified atom stereocenters. The maximum absolute atomic E-state index is 13.7. The third-order valence-electron chi connectivity index (χ3n) is 9.15. The highest BCUT2D eigenvalue weighted by molar-refractivity contribution is 5.98. The first-order valence-electron chi connectivity index (χ1n) is 18.4. The molecule has 3 aromatic rings. The van der Waals surface area contributed by atoms with Crippen LogP contribution in [0.4, 0.5) is 0 Å². The molecule has 0 fully saturated rings.